The van der Waals surface area contributed by atoms with Crippen LogP contribution in [0.5, 0.6) is 5.75 Å². The average molecular weight is 316 g/mol. The topological polar surface area (TPSA) is 73.6 Å². The van der Waals surface area contributed by atoms with Gasteiger partial charge in [0.2, 0.25) is 0 Å². The Bertz CT molecular complexity index is 565. The third-order valence-electron chi connectivity index (χ3n) is 4.40. The first-order chi connectivity index (χ1) is 11.0. The van der Waals surface area contributed by atoms with Crippen LogP contribution in [0.1, 0.15) is 38.2 Å². The lowest BCUT2D eigenvalue weighted by atomic mass is 9.86. The third kappa shape index (κ3) is 4.70. The summed E-state index contributed by atoms with van der Waals surface area (Å²) >= 11 is 0. The lowest BCUT2D eigenvalue weighted by molar-refractivity contribution is -0.137. The molecule has 1 aromatic carbocycles. The number of carbonyl (C=O) groups is 1. The fraction of sp³-hybridized carbons (Fsp3) is 0.556. The number of aliphatic hydroxyl groups excluding tert-OH is 1. The van der Waals surface area contributed by atoms with E-state index in [4.69, 9.17) is 10.00 Å². The summed E-state index contributed by atoms with van der Waals surface area (Å²) in [6, 6.07) is 8.74. The fourth-order valence-corrected chi connectivity index (χ4v) is 3.02. The number of likely N-dealkylation sites (N-methyl/N-ethyl adjacent to an activating group) is 1. The van der Waals surface area contributed by atoms with E-state index in [-0.39, 0.29) is 17.9 Å². The molecule has 3 atom stereocenters. The van der Waals surface area contributed by atoms with E-state index >= 15 is 0 Å². The van der Waals surface area contributed by atoms with Gasteiger partial charge in [-0.15, -0.1) is 0 Å². The number of amides is 1. The van der Waals surface area contributed by atoms with Crippen molar-refractivity contribution in [1.82, 2.24) is 4.90 Å². The Morgan fingerprint density at radius 1 is 1.39 bits per heavy atom. The van der Waals surface area contributed by atoms with Crippen LogP contribution in [0, 0.1) is 17.2 Å². The molecule has 5 heteroatoms. The molecule has 1 amide bonds. The third-order valence-corrected chi connectivity index (χ3v) is 4.40. The van der Waals surface area contributed by atoms with Crippen molar-refractivity contribution in [2.75, 3.05) is 13.6 Å². The van der Waals surface area contributed by atoms with Gasteiger partial charge in [-0.1, -0.05) is 12.8 Å². The van der Waals surface area contributed by atoms with E-state index in [0.717, 1.165) is 25.7 Å². The standard InChI is InChI=1S/C18H24N2O3/c1-13(23-16-9-7-14(11-19)8-10-16)18(22)20(2)12-15-5-3-4-6-17(15)21/h7-10,13,15,17,21H,3-6,12H2,1-2H3. The van der Waals surface area contributed by atoms with Crippen molar-refractivity contribution in [1.29, 1.82) is 5.26 Å². The minimum Gasteiger partial charge on any atom is -0.481 e. The zero-order valence-electron chi connectivity index (χ0n) is 13.7. The van der Waals surface area contributed by atoms with Gasteiger partial charge in [0.05, 0.1) is 17.7 Å². The van der Waals surface area contributed by atoms with Crippen LogP contribution in [0.4, 0.5) is 0 Å². The number of aliphatic hydroxyl groups is 1. The maximum atomic E-state index is 12.4. The highest BCUT2D eigenvalue weighted by molar-refractivity contribution is 5.80. The molecule has 5 nitrogen and oxygen atoms in total. The van der Waals surface area contributed by atoms with Gasteiger partial charge in [-0.25, -0.2) is 0 Å². The Kier molecular flexibility index (Phi) is 6.00. The molecule has 1 aliphatic rings. The highest BCUT2D eigenvalue weighted by Crippen LogP contribution is 2.25. The molecular formula is C18H24N2O3. The highest BCUT2D eigenvalue weighted by Gasteiger charge is 2.27. The van der Waals surface area contributed by atoms with Crippen molar-refractivity contribution < 1.29 is 14.6 Å². The van der Waals surface area contributed by atoms with E-state index in [1.165, 1.54) is 0 Å². The molecule has 0 spiro atoms. The van der Waals surface area contributed by atoms with Crippen LogP contribution in [0.2, 0.25) is 0 Å². The van der Waals surface area contributed by atoms with Crippen LogP contribution in [0.25, 0.3) is 0 Å². The van der Waals surface area contributed by atoms with E-state index in [9.17, 15) is 9.90 Å². The SMILES string of the molecule is CC(Oc1ccc(C#N)cc1)C(=O)N(C)CC1CCCCC1O. The summed E-state index contributed by atoms with van der Waals surface area (Å²) in [6.07, 6.45) is 3.05. The molecule has 0 aliphatic heterocycles. The predicted octanol–water partition coefficient (Wildman–Crippen LogP) is 2.34. The fourth-order valence-electron chi connectivity index (χ4n) is 3.02. The van der Waals surface area contributed by atoms with E-state index in [0.29, 0.717) is 17.9 Å². The Labute approximate surface area is 137 Å². The second kappa shape index (κ2) is 7.98. The number of nitriles is 1. The molecule has 1 saturated carbocycles. The molecule has 1 fully saturated rings. The zero-order valence-corrected chi connectivity index (χ0v) is 13.7. The summed E-state index contributed by atoms with van der Waals surface area (Å²) in [4.78, 5) is 14.1. The van der Waals surface area contributed by atoms with Crippen LogP contribution in [0.15, 0.2) is 24.3 Å². The number of nitrogens with zero attached hydrogens (tertiary/aromatic N) is 2. The van der Waals surface area contributed by atoms with Gasteiger partial charge < -0.3 is 14.7 Å². The van der Waals surface area contributed by atoms with E-state index in [1.807, 2.05) is 6.07 Å². The van der Waals surface area contributed by atoms with Gasteiger partial charge in [-0.05, 0) is 44.0 Å². The minimum atomic E-state index is -0.603. The molecule has 1 aromatic rings. The van der Waals surface area contributed by atoms with Gasteiger partial charge in [-0.2, -0.15) is 5.26 Å². The molecule has 23 heavy (non-hydrogen) atoms. The quantitative estimate of drug-likeness (QED) is 0.905. The van der Waals surface area contributed by atoms with Crippen LogP contribution < -0.4 is 4.74 Å². The van der Waals surface area contributed by atoms with Crippen molar-refractivity contribution in [2.45, 2.75) is 44.8 Å². The first-order valence-corrected chi connectivity index (χ1v) is 8.11. The smallest absolute Gasteiger partial charge is 0.263 e. The maximum Gasteiger partial charge on any atom is 0.263 e. The van der Waals surface area contributed by atoms with Crippen molar-refractivity contribution in [3.05, 3.63) is 29.8 Å². The summed E-state index contributed by atoms with van der Waals surface area (Å²) in [5, 5.41) is 18.8. The monoisotopic (exact) mass is 316 g/mol. The van der Waals surface area contributed by atoms with E-state index in [2.05, 4.69) is 0 Å². The minimum absolute atomic E-state index is 0.105. The normalized spacial score (nSPS) is 22.0. The first-order valence-electron chi connectivity index (χ1n) is 8.11. The number of rotatable bonds is 5. The Hall–Kier alpha value is -2.06. The van der Waals surface area contributed by atoms with E-state index in [1.54, 1.807) is 43.1 Å². The van der Waals surface area contributed by atoms with Gasteiger partial charge >= 0.3 is 0 Å². The van der Waals surface area contributed by atoms with Gasteiger partial charge in [-0.3, -0.25) is 4.79 Å². The molecular weight excluding hydrogens is 292 g/mol. The first kappa shape index (κ1) is 17.3. The summed E-state index contributed by atoms with van der Waals surface area (Å²) in [7, 11) is 1.75. The number of hydrogen-bond donors (Lipinski definition) is 1. The molecule has 0 aromatic heterocycles. The van der Waals surface area contributed by atoms with Crippen molar-refractivity contribution in [3.63, 3.8) is 0 Å². The van der Waals surface area contributed by atoms with Gasteiger partial charge in [0.25, 0.3) is 5.91 Å². The molecule has 0 radical (unpaired) electrons. The molecule has 2 rings (SSSR count). The summed E-state index contributed by atoms with van der Waals surface area (Å²) < 4.78 is 5.65. The second-order valence-electron chi connectivity index (χ2n) is 6.23. The van der Waals surface area contributed by atoms with Gasteiger partial charge in [0.15, 0.2) is 6.10 Å². The molecule has 1 N–H and O–H groups in total. The van der Waals surface area contributed by atoms with Crippen molar-refractivity contribution in [3.8, 4) is 11.8 Å². The van der Waals surface area contributed by atoms with Crippen LogP contribution in [-0.2, 0) is 4.79 Å². The van der Waals surface area contributed by atoms with Crippen LogP contribution in [0.3, 0.4) is 0 Å². The largest absolute Gasteiger partial charge is 0.481 e. The van der Waals surface area contributed by atoms with Crippen LogP contribution >= 0.6 is 0 Å². The molecule has 0 heterocycles. The Morgan fingerprint density at radius 2 is 2.04 bits per heavy atom. The molecule has 0 saturated heterocycles. The van der Waals surface area contributed by atoms with Crippen molar-refractivity contribution >= 4 is 5.91 Å². The predicted molar refractivity (Wildman–Crippen MR) is 86.8 cm³/mol. The van der Waals surface area contributed by atoms with Crippen LogP contribution in [-0.4, -0.2) is 41.7 Å². The summed E-state index contributed by atoms with van der Waals surface area (Å²) in [6.45, 7) is 2.27. The molecule has 0 bridgehead atoms. The number of ether oxygens (including phenoxy) is 1. The zero-order chi connectivity index (χ0) is 16.8. The highest BCUT2D eigenvalue weighted by atomic mass is 16.5. The Balaban J connectivity index is 1.88. The van der Waals surface area contributed by atoms with Crippen molar-refractivity contribution in [2.24, 2.45) is 5.92 Å². The molecule has 124 valence electrons. The maximum absolute atomic E-state index is 12.4. The molecule has 1 aliphatic carbocycles. The molecule has 3 unspecified atom stereocenters. The van der Waals surface area contributed by atoms with E-state index < -0.39 is 6.10 Å². The lowest BCUT2D eigenvalue weighted by Gasteiger charge is -2.32. The average Bonchev–Trinajstić information content (AvgIpc) is 2.56. The number of hydrogen-bond acceptors (Lipinski definition) is 4. The van der Waals surface area contributed by atoms with Gasteiger partial charge in [0, 0.05) is 19.5 Å². The van der Waals surface area contributed by atoms with Gasteiger partial charge in [0.1, 0.15) is 5.75 Å². The second-order valence-corrected chi connectivity index (χ2v) is 6.23. The Morgan fingerprint density at radius 3 is 2.65 bits per heavy atom. The number of benzene rings is 1. The summed E-state index contributed by atoms with van der Waals surface area (Å²) in [5.74, 6) is 0.614. The summed E-state index contributed by atoms with van der Waals surface area (Å²) in [5.41, 5.74) is 0.555. The lowest BCUT2D eigenvalue weighted by Crippen LogP contribution is -2.43. The number of carbonyl (C=O) groups excluding carboxylic acids is 1.